The zero-order valence-corrected chi connectivity index (χ0v) is 12.7. The lowest BCUT2D eigenvalue weighted by Gasteiger charge is -2.18. The summed E-state index contributed by atoms with van der Waals surface area (Å²) >= 11 is 1.56. The van der Waals surface area contributed by atoms with Gasteiger partial charge in [0.15, 0.2) is 0 Å². The van der Waals surface area contributed by atoms with Gasteiger partial charge in [0.05, 0.1) is 5.97 Å². The summed E-state index contributed by atoms with van der Waals surface area (Å²) in [4.78, 5) is 12.4. The molecule has 0 atom stereocenters. The largest absolute Gasteiger partial charge is 0.545 e. The zero-order valence-electron chi connectivity index (χ0n) is 11.8. The normalized spacial score (nSPS) is 11.9. The minimum Gasteiger partial charge on any atom is -0.545 e. The fourth-order valence-electron chi connectivity index (χ4n) is 1.88. The molecule has 0 saturated heterocycles. The minimum atomic E-state index is -1.17. The van der Waals surface area contributed by atoms with Crippen LogP contribution < -0.4 is 5.11 Å². The van der Waals surface area contributed by atoms with Crippen molar-refractivity contribution in [2.24, 2.45) is 0 Å². The molecule has 0 spiro atoms. The van der Waals surface area contributed by atoms with E-state index in [0.717, 1.165) is 21.4 Å². The van der Waals surface area contributed by atoms with Crippen LogP contribution >= 0.6 is 11.3 Å². The van der Waals surface area contributed by atoms with Crippen molar-refractivity contribution >= 4 is 23.4 Å². The first-order valence-electron chi connectivity index (χ1n) is 6.46. The van der Waals surface area contributed by atoms with Gasteiger partial charge in [0.25, 0.3) is 0 Å². The molecular weight excluding hydrogens is 268 g/mol. The highest BCUT2D eigenvalue weighted by Crippen LogP contribution is 2.31. The average molecular weight is 285 g/mol. The summed E-state index contributed by atoms with van der Waals surface area (Å²) in [5.74, 6) is -1.17. The molecule has 2 nitrogen and oxygen atoms in total. The van der Waals surface area contributed by atoms with Crippen LogP contribution in [0.1, 0.15) is 31.2 Å². The van der Waals surface area contributed by atoms with Crippen LogP contribution in [0.3, 0.4) is 0 Å². The Labute approximate surface area is 123 Å². The van der Waals surface area contributed by atoms with Gasteiger partial charge in [0.1, 0.15) is 0 Å². The first-order valence-corrected chi connectivity index (χ1v) is 7.28. The summed E-state index contributed by atoms with van der Waals surface area (Å²) in [6, 6.07) is 12.4. The average Bonchev–Trinajstić information content (AvgIpc) is 2.84. The molecule has 104 valence electrons. The highest BCUT2D eigenvalue weighted by molar-refractivity contribution is 7.16. The number of carboxylic acids is 1. The SMILES string of the molecule is CC(C)(C)c1ccc(-c2ccc(/C=C/C(=O)[O-])s2)cc1. The van der Waals surface area contributed by atoms with Crippen LogP contribution in [-0.4, -0.2) is 5.97 Å². The van der Waals surface area contributed by atoms with E-state index in [2.05, 4.69) is 45.0 Å². The Hall–Kier alpha value is -1.87. The van der Waals surface area contributed by atoms with Gasteiger partial charge < -0.3 is 9.90 Å². The Morgan fingerprint density at radius 2 is 1.75 bits per heavy atom. The summed E-state index contributed by atoms with van der Waals surface area (Å²) in [5, 5.41) is 10.4. The number of carbonyl (C=O) groups excluding carboxylic acids is 1. The maximum absolute atomic E-state index is 10.4. The molecule has 0 fully saturated rings. The van der Waals surface area contributed by atoms with Crippen LogP contribution in [0.25, 0.3) is 16.5 Å². The molecule has 1 aromatic carbocycles. The van der Waals surface area contributed by atoms with Crippen LogP contribution in [0, 0.1) is 0 Å². The van der Waals surface area contributed by atoms with Gasteiger partial charge in [-0.1, -0.05) is 45.0 Å². The van der Waals surface area contributed by atoms with Crippen molar-refractivity contribution in [1.29, 1.82) is 0 Å². The number of rotatable bonds is 3. The maximum atomic E-state index is 10.4. The molecule has 0 aliphatic heterocycles. The third kappa shape index (κ3) is 3.58. The lowest BCUT2D eigenvalue weighted by molar-refractivity contribution is -0.297. The molecule has 0 aliphatic rings. The Morgan fingerprint density at radius 3 is 2.30 bits per heavy atom. The molecule has 0 saturated carbocycles. The number of hydrogen-bond donors (Lipinski definition) is 0. The number of benzene rings is 1. The molecule has 20 heavy (non-hydrogen) atoms. The Balaban J connectivity index is 2.22. The maximum Gasteiger partial charge on any atom is 0.0643 e. The van der Waals surface area contributed by atoms with Gasteiger partial charge >= 0.3 is 0 Å². The van der Waals surface area contributed by atoms with Crippen LogP contribution in [0.5, 0.6) is 0 Å². The number of hydrogen-bond acceptors (Lipinski definition) is 3. The second-order valence-electron chi connectivity index (χ2n) is 5.68. The van der Waals surface area contributed by atoms with E-state index in [1.807, 2.05) is 12.1 Å². The van der Waals surface area contributed by atoms with Crippen molar-refractivity contribution in [2.45, 2.75) is 26.2 Å². The van der Waals surface area contributed by atoms with Gasteiger partial charge in [-0.3, -0.25) is 0 Å². The zero-order chi connectivity index (χ0) is 14.8. The van der Waals surface area contributed by atoms with Gasteiger partial charge in [0, 0.05) is 9.75 Å². The van der Waals surface area contributed by atoms with Crippen molar-refractivity contribution in [3.8, 4) is 10.4 Å². The molecule has 0 unspecified atom stereocenters. The number of thiophene rings is 1. The quantitative estimate of drug-likeness (QED) is 0.810. The Bertz CT molecular complexity index is 628. The van der Waals surface area contributed by atoms with E-state index in [1.54, 1.807) is 17.4 Å². The summed E-state index contributed by atoms with van der Waals surface area (Å²) in [5.41, 5.74) is 2.60. The molecule has 2 rings (SSSR count). The van der Waals surface area contributed by atoms with Gasteiger partial charge in [-0.25, -0.2) is 0 Å². The summed E-state index contributed by atoms with van der Waals surface area (Å²) in [6.07, 6.45) is 2.62. The highest BCUT2D eigenvalue weighted by Gasteiger charge is 2.13. The molecule has 1 heterocycles. The van der Waals surface area contributed by atoms with Gasteiger partial charge in [-0.2, -0.15) is 0 Å². The van der Waals surface area contributed by atoms with Crippen LogP contribution in [0.4, 0.5) is 0 Å². The molecule has 0 N–H and O–H groups in total. The molecule has 2 aromatic rings. The summed E-state index contributed by atoms with van der Waals surface area (Å²) < 4.78 is 0. The van der Waals surface area contributed by atoms with E-state index in [-0.39, 0.29) is 5.41 Å². The van der Waals surface area contributed by atoms with Crippen molar-refractivity contribution in [2.75, 3.05) is 0 Å². The van der Waals surface area contributed by atoms with E-state index < -0.39 is 5.97 Å². The summed E-state index contributed by atoms with van der Waals surface area (Å²) in [6.45, 7) is 6.57. The summed E-state index contributed by atoms with van der Waals surface area (Å²) in [7, 11) is 0. The third-order valence-corrected chi connectivity index (χ3v) is 4.15. The molecule has 0 radical (unpaired) electrons. The van der Waals surface area contributed by atoms with Crippen molar-refractivity contribution in [3.63, 3.8) is 0 Å². The second kappa shape index (κ2) is 5.63. The van der Waals surface area contributed by atoms with Crippen LogP contribution in [0.2, 0.25) is 0 Å². The van der Waals surface area contributed by atoms with E-state index >= 15 is 0 Å². The van der Waals surface area contributed by atoms with E-state index in [0.29, 0.717) is 0 Å². The molecule has 0 amide bonds. The molecule has 0 bridgehead atoms. The lowest BCUT2D eigenvalue weighted by Crippen LogP contribution is -2.18. The van der Waals surface area contributed by atoms with E-state index in [9.17, 15) is 9.90 Å². The molecular formula is C17H17O2S-. The fraction of sp³-hybridized carbons (Fsp3) is 0.235. The van der Waals surface area contributed by atoms with Gasteiger partial charge in [0.2, 0.25) is 0 Å². The number of carbonyl (C=O) groups is 1. The van der Waals surface area contributed by atoms with Gasteiger partial charge in [-0.05, 0) is 40.8 Å². The number of carboxylic acid groups (broad SMARTS) is 1. The first kappa shape index (κ1) is 14.5. The van der Waals surface area contributed by atoms with Crippen molar-refractivity contribution in [1.82, 2.24) is 0 Å². The molecule has 0 aliphatic carbocycles. The molecule has 1 aromatic heterocycles. The predicted molar refractivity (Wildman–Crippen MR) is 82.5 cm³/mol. The van der Waals surface area contributed by atoms with Gasteiger partial charge in [-0.15, -0.1) is 11.3 Å². The predicted octanol–water partition coefficient (Wildman–Crippen LogP) is 3.48. The van der Waals surface area contributed by atoms with E-state index in [1.165, 1.54) is 5.56 Å². The highest BCUT2D eigenvalue weighted by atomic mass is 32.1. The van der Waals surface area contributed by atoms with Crippen LogP contribution in [-0.2, 0) is 10.2 Å². The Kier molecular flexibility index (Phi) is 4.09. The van der Waals surface area contributed by atoms with Crippen LogP contribution in [0.15, 0.2) is 42.5 Å². The Morgan fingerprint density at radius 1 is 1.10 bits per heavy atom. The standard InChI is InChI=1S/C17H18O2S/c1-17(2,3)13-6-4-12(5-7-13)15-10-8-14(20-15)9-11-16(18)19/h4-11H,1-3H3,(H,18,19)/p-1/b11-9+. The smallest absolute Gasteiger partial charge is 0.0643 e. The van der Waals surface area contributed by atoms with Crippen molar-refractivity contribution in [3.05, 3.63) is 52.9 Å². The van der Waals surface area contributed by atoms with E-state index in [4.69, 9.17) is 0 Å². The minimum absolute atomic E-state index is 0.149. The third-order valence-electron chi connectivity index (χ3n) is 3.05. The topological polar surface area (TPSA) is 40.1 Å². The monoisotopic (exact) mass is 285 g/mol. The fourth-order valence-corrected chi connectivity index (χ4v) is 2.80. The first-order chi connectivity index (χ1) is 9.36. The molecule has 3 heteroatoms. The number of aliphatic carboxylic acids is 1. The lowest BCUT2D eigenvalue weighted by atomic mass is 9.86. The van der Waals surface area contributed by atoms with Crippen molar-refractivity contribution < 1.29 is 9.90 Å². The second-order valence-corrected chi connectivity index (χ2v) is 6.80.